The standard InChI is InChI=1S/C19H23N3O/c1-13-9-14(2)11-17(10-13)21-16-7-8-20-18(12-16)19(23)22-15-5-3-4-6-15/h7-12,15H,3-6H2,1-2H3,(H,20,21)(H,22,23). The zero-order chi connectivity index (χ0) is 16.2. The summed E-state index contributed by atoms with van der Waals surface area (Å²) < 4.78 is 0. The molecule has 0 atom stereocenters. The molecule has 1 aromatic heterocycles. The van der Waals surface area contributed by atoms with Gasteiger partial charge in [0.1, 0.15) is 5.69 Å². The van der Waals surface area contributed by atoms with Crippen molar-refractivity contribution in [3.8, 4) is 0 Å². The molecular weight excluding hydrogens is 286 g/mol. The van der Waals surface area contributed by atoms with Crippen LogP contribution in [0.2, 0.25) is 0 Å². The van der Waals surface area contributed by atoms with Gasteiger partial charge in [-0.1, -0.05) is 18.9 Å². The highest BCUT2D eigenvalue weighted by atomic mass is 16.1. The number of carbonyl (C=O) groups is 1. The van der Waals surface area contributed by atoms with Gasteiger partial charge in [-0.3, -0.25) is 9.78 Å². The van der Waals surface area contributed by atoms with Crippen molar-refractivity contribution in [1.29, 1.82) is 0 Å². The summed E-state index contributed by atoms with van der Waals surface area (Å²) >= 11 is 0. The Morgan fingerprint density at radius 2 is 1.74 bits per heavy atom. The molecule has 0 bridgehead atoms. The number of aromatic nitrogens is 1. The van der Waals surface area contributed by atoms with Gasteiger partial charge in [-0.05, 0) is 62.1 Å². The number of hydrogen-bond acceptors (Lipinski definition) is 3. The third kappa shape index (κ3) is 4.09. The topological polar surface area (TPSA) is 54.0 Å². The van der Waals surface area contributed by atoms with Crippen LogP contribution >= 0.6 is 0 Å². The third-order valence-corrected chi connectivity index (χ3v) is 4.19. The summed E-state index contributed by atoms with van der Waals surface area (Å²) in [5.41, 5.74) is 4.78. The first-order valence-electron chi connectivity index (χ1n) is 8.22. The van der Waals surface area contributed by atoms with Crippen molar-refractivity contribution in [1.82, 2.24) is 10.3 Å². The Kier molecular flexibility index (Phi) is 4.60. The zero-order valence-corrected chi connectivity index (χ0v) is 13.7. The summed E-state index contributed by atoms with van der Waals surface area (Å²) in [4.78, 5) is 16.5. The van der Waals surface area contributed by atoms with E-state index in [2.05, 4.69) is 47.7 Å². The van der Waals surface area contributed by atoms with E-state index in [9.17, 15) is 4.79 Å². The number of aryl methyl sites for hydroxylation is 2. The fraction of sp³-hybridized carbons (Fsp3) is 0.368. The van der Waals surface area contributed by atoms with Crippen molar-refractivity contribution in [3.63, 3.8) is 0 Å². The van der Waals surface area contributed by atoms with Crippen LogP contribution in [0.1, 0.15) is 47.3 Å². The molecule has 1 aliphatic rings. The van der Waals surface area contributed by atoms with Crippen LogP contribution in [0.4, 0.5) is 11.4 Å². The summed E-state index contributed by atoms with van der Waals surface area (Å²) in [7, 11) is 0. The molecule has 0 radical (unpaired) electrons. The molecule has 0 spiro atoms. The molecule has 1 amide bonds. The van der Waals surface area contributed by atoms with Crippen molar-refractivity contribution >= 4 is 17.3 Å². The molecule has 0 saturated heterocycles. The first-order valence-corrected chi connectivity index (χ1v) is 8.22. The van der Waals surface area contributed by atoms with E-state index >= 15 is 0 Å². The largest absolute Gasteiger partial charge is 0.355 e. The van der Waals surface area contributed by atoms with Gasteiger partial charge in [0.2, 0.25) is 0 Å². The summed E-state index contributed by atoms with van der Waals surface area (Å²) in [5.74, 6) is -0.0824. The van der Waals surface area contributed by atoms with Gasteiger partial charge in [-0.25, -0.2) is 0 Å². The van der Waals surface area contributed by atoms with Crippen LogP contribution in [-0.4, -0.2) is 16.9 Å². The number of benzene rings is 1. The van der Waals surface area contributed by atoms with Crippen molar-refractivity contribution in [3.05, 3.63) is 53.3 Å². The van der Waals surface area contributed by atoms with Gasteiger partial charge in [0, 0.05) is 23.6 Å². The maximum atomic E-state index is 12.3. The van der Waals surface area contributed by atoms with Crippen LogP contribution in [0.25, 0.3) is 0 Å². The van der Waals surface area contributed by atoms with E-state index in [1.807, 2.05) is 12.1 Å². The SMILES string of the molecule is Cc1cc(C)cc(Nc2ccnc(C(=O)NC3CCCC3)c2)c1. The molecule has 4 nitrogen and oxygen atoms in total. The molecular formula is C19H23N3O. The maximum Gasteiger partial charge on any atom is 0.270 e. The summed E-state index contributed by atoms with van der Waals surface area (Å²) in [6.45, 7) is 4.15. The van der Waals surface area contributed by atoms with Gasteiger partial charge in [0.15, 0.2) is 0 Å². The first-order chi connectivity index (χ1) is 11.1. The molecule has 2 N–H and O–H groups in total. The highest BCUT2D eigenvalue weighted by molar-refractivity contribution is 5.93. The summed E-state index contributed by atoms with van der Waals surface area (Å²) in [6.07, 6.45) is 6.23. The minimum absolute atomic E-state index is 0.0824. The zero-order valence-electron chi connectivity index (χ0n) is 13.7. The lowest BCUT2D eigenvalue weighted by Gasteiger charge is -2.13. The Labute approximate surface area is 137 Å². The Bertz CT molecular complexity index is 685. The number of hydrogen-bond donors (Lipinski definition) is 2. The molecule has 3 rings (SSSR count). The lowest BCUT2D eigenvalue weighted by Crippen LogP contribution is -2.33. The fourth-order valence-electron chi connectivity index (χ4n) is 3.18. The minimum atomic E-state index is -0.0824. The van der Waals surface area contributed by atoms with Gasteiger partial charge >= 0.3 is 0 Å². The van der Waals surface area contributed by atoms with E-state index in [0.717, 1.165) is 24.2 Å². The predicted molar refractivity (Wildman–Crippen MR) is 93.2 cm³/mol. The van der Waals surface area contributed by atoms with Crippen molar-refractivity contribution in [2.75, 3.05) is 5.32 Å². The van der Waals surface area contributed by atoms with Crippen LogP contribution < -0.4 is 10.6 Å². The first kappa shape index (κ1) is 15.5. The van der Waals surface area contributed by atoms with Crippen LogP contribution in [0.3, 0.4) is 0 Å². The Morgan fingerprint density at radius 3 is 2.43 bits per heavy atom. The Hall–Kier alpha value is -2.36. The lowest BCUT2D eigenvalue weighted by molar-refractivity contribution is 0.0933. The number of amides is 1. The van der Waals surface area contributed by atoms with Crippen LogP contribution in [0.15, 0.2) is 36.5 Å². The van der Waals surface area contributed by atoms with Crippen molar-refractivity contribution in [2.45, 2.75) is 45.6 Å². The second-order valence-electron chi connectivity index (χ2n) is 6.39. The van der Waals surface area contributed by atoms with Gasteiger partial charge in [0.05, 0.1) is 0 Å². The number of nitrogens with one attached hydrogen (secondary N) is 2. The molecule has 4 heteroatoms. The lowest BCUT2D eigenvalue weighted by atomic mass is 10.1. The fourth-order valence-corrected chi connectivity index (χ4v) is 3.18. The number of anilines is 2. The van der Waals surface area contributed by atoms with E-state index in [0.29, 0.717) is 11.7 Å². The quantitative estimate of drug-likeness (QED) is 0.893. The van der Waals surface area contributed by atoms with E-state index in [1.165, 1.54) is 24.0 Å². The molecule has 1 heterocycles. The summed E-state index contributed by atoms with van der Waals surface area (Å²) in [5, 5.41) is 6.43. The molecule has 120 valence electrons. The van der Waals surface area contributed by atoms with Crippen LogP contribution in [0, 0.1) is 13.8 Å². The molecule has 0 aliphatic heterocycles. The molecule has 1 aliphatic carbocycles. The molecule has 1 saturated carbocycles. The average Bonchev–Trinajstić information content (AvgIpc) is 2.99. The third-order valence-electron chi connectivity index (χ3n) is 4.19. The van der Waals surface area contributed by atoms with Gasteiger partial charge in [-0.2, -0.15) is 0 Å². The van der Waals surface area contributed by atoms with E-state index in [1.54, 1.807) is 6.20 Å². The average molecular weight is 309 g/mol. The van der Waals surface area contributed by atoms with Crippen LogP contribution in [0.5, 0.6) is 0 Å². The number of pyridine rings is 1. The minimum Gasteiger partial charge on any atom is -0.355 e. The Morgan fingerprint density at radius 1 is 1.04 bits per heavy atom. The van der Waals surface area contributed by atoms with Crippen LogP contribution in [-0.2, 0) is 0 Å². The van der Waals surface area contributed by atoms with Gasteiger partial charge in [0.25, 0.3) is 5.91 Å². The number of carbonyl (C=O) groups excluding carboxylic acids is 1. The van der Waals surface area contributed by atoms with E-state index < -0.39 is 0 Å². The monoisotopic (exact) mass is 309 g/mol. The molecule has 2 aromatic rings. The van der Waals surface area contributed by atoms with Gasteiger partial charge < -0.3 is 10.6 Å². The highest BCUT2D eigenvalue weighted by Gasteiger charge is 2.18. The highest BCUT2D eigenvalue weighted by Crippen LogP contribution is 2.21. The smallest absolute Gasteiger partial charge is 0.270 e. The maximum absolute atomic E-state index is 12.3. The molecule has 0 unspecified atom stereocenters. The second kappa shape index (κ2) is 6.82. The number of rotatable bonds is 4. The molecule has 1 fully saturated rings. The second-order valence-corrected chi connectivity index (χ2v) is 6.39. The normalized spacial score (nSPS) is 14.7. The summed E-state index contributed by atoms with van der Waals surface area (Å²) in [6, 6.07) is 10.3. The molecule has 1 aromatic carbocycles. The number of nitrogens with zero attached hydrogens (tertiary/aromatic N) is 1. The predicted octanol–water partition coefficient (Wildman–Crippen LogP) is 4.11. The van der Waals surface area contributed by atoms with E-state index in [-0.39, 0.29) is 5.91 Å². The molecule has 23 heavy (non-hydrogen) atoms. The van der Waals surface area contributed by atoms with Crippen molar-refractivity contribution in [2.24, 2.45) is 0 Å². The Balaban J connectivity index is 1.72. The van der Waals surface area contributed by atoms with Crippen molar-refractivity contribution < 1.29 is 4.79 Å². The van der Waals surface area contributed by atoms with E-state index in [4.69, 9.17) is 0 Å². The van der Waals surface area contributed by atoms with Gasteiger partial charge in [-0.15, -0.1) is 0 Å².